The van der Waals surface area contributed by atoms with Crippen LogP contribution in [0.1, 0.15) is 12.8 Å². The third-order valence-corrected chi connectivity index (χ3v) is 2.35. The molecule has 1 fully saturated rings. The summed E-state index contributed by atoms with van der Waals surface area (Å²) in [7, 11) is 0. The lowest BCUT2D eigenvalue weighted by molar-refractivity contribution is 0.289. The Morgan fingerprint density at radius 3 is 2.92 bits per heavy atom. The third kappa shape index (κ3) is 1.90. The Labute approximate surface area is 84.0 Å². The van der Waals surface area contributed by atoms with Crippen LogP contribution in [0.15, 0.2) is 16.7 Å². The van der Waals surface area contributed by atoms with Crippen molar-refractivity contribution in [1.29, 1.82) is 0 Å². The van der Waals surface area contributed by atoms with Crippen molar-refractivity contribution in [3.8, 4) is 5.88 Å². The number of halogens is 2. The summed E-state index contributed by atoms with van der Waals surface area (Å²) in [5.41, 5.74) is 0. The molecule has 4 heteroatoms. The Morgan fingerprint density at radius 1 is 1.58 bits per heavy atom. The van der Waals surface area contributed by atoms with Gasteiger partial charge in [0.2, 0.25) is 5.88 Å². The van der Waals surface area contributed by atoms with Crippen LogP contribution < -0.4 is 4.74 Å². The Kier molecular flexibility index (Phi) is 2.24. The normalized spacial score (nSPS) is 16.2. The standard InChI is InChI=1S/C8H7BrClNO/c9-7-3-5(10)4-11-8(7)12-6-1-2-6/h3-4,6H,1-2H2. The predicted octanol–water partition coefficient (Wildman–Crippen LogP) is 3.04. The second kappa shape index (κ2) is 3.23. The van der Waals surface area contributed by atoms with E-state index < -0.39 is 0 Å². The molecule has 1 aromatic rings. The maximum atomic E-state index is 5.72. The molecule has 1 heterocycles. The molecular weight excluding hydrogens is 241 g/mol. The monoisotopic (exact) mass is 247 g/mol. The quantitative estimate of drug-likeness (QED) is 0.802. The zero-order valence-electron chi connectivity index (χ0n) is 6.26. The first-order valence-corrected chi connectivity index (χ1v) is 4.90. The Hall–Kier alpha value is -0.280. The Morgan fingerprint density at radius 2 is 2.33 bits per heavy atom. The molecule has 0 spiro atoms. The van der Waals surface area contributed by atoms with Crippen LogP contribution in [-0.4, -0.2) is 11.1 Å². The highest BCUT2D eigenvalue weighted by Gasteiger charge is 2.24. The van der Waals surface area contributed by atoms with E-state index in [1.807, 2.05) is 0 Å². The summed E-state index contributed by atoms with van der Waals surface area (Å²) in [5, 5.41) is 0.616. The van der Waals surface area contributed by atoms with Gasteiger partial charge in [0.25, 0.3) is 0 Å². The molecule has 12 heavy (non-hydrogen) atoms. The topological polar surface area (TPSA) is 22.1 Å². The molecule has 0 saturated heterocycles. The van der Waals surface area contributed by atoms with E-state index in [9.17, 15) is 0 Å². The number of hydrogen-bond acceptors (Lipinski definition) is 2. The number of rotatable bonds is 2. The van der Waals surface area contributed by atoms with Crippen LogP contribution in [0, 0.1) is 0 Å². The van der Waals surface area contributed by atoms with Crippen molar-refractivity contribution in [3.63, 3.8) is 0 Å². The van der Waals surface area contributed by atoms with Gasteiger partial charge >= 0.3 is 0 Å². The van der Waals surface area contributed by atoms with Crippen molar-refractivity contribution in [1.82, 2.24) is 4.98 Å². The van der Waals surface area contributed by atoms with E-state index in [4.69, 9.17) is 16.3 Å². The van der Waals surface area contributed by atoms with Gasteiger partial charge in [-0.1, -0.05) is 11.6 Å². The van der Waals surface area contributed by atoms with Gasteiger partial charge in [-0.3, -0.25) is 0 Å². The minimum absolute atomic E-state index is 0.370. The molecule has 0 bridgehead atoms. The molecule has 0 amide bonds. The van der Waals surface area contributed by atoms with Gasteiger partial charge in [0, 0.05) is 6.20 Å². The summed E-state index contributed by atoms with van der Waals surface area (Å²) in [6, 6.07) is 1.78. The first-order valence-electron chi connectivity index (χ1n) is 3.73. The molecule has 2 rings (SSSR count). The number of ether oxygens (including phenoxy) is 1. The second-order valence-electron chi connectivity index (χ2n) is 2.76. The summed E-state index contributed by atoms with van der Waals surface area (Å²) in [6.45, 7) is 0. The molecular formula is C8H7BrClNO. The summed E-state index contributed by atoms with van der Waals surface area (Å²) < 4.78 is 6.32. The van der Waals surface area contributed by atoms with Crippen molar-refractivity contribution < 1.29 is 4.74 Å². The Balaban J connectivity index is 2.18. The van der Waals surface area contributed by atoms with E-state index in [0.29, 0.717) is 17.0 Å². The molecule has 0 unspecified atom stereocenters. The van der Waals surface area contributed by atoms with Crippen molar-refractivity contribution in [2.24, 2.45) is 0 Å². The summed E-state index contributed by atoms with van der Waals surface area (Å²) in [4.78, 5) is 4.06. The molecule has 64 valence electrons. The largest absolute Gasteiger partial charge is 0.474 e. The molecule has 2 nitrogen and oxygen atoms in total. The SMILES string of the molecule is Clc1cnc(OC2CC2)c(Br)c1. The summed E-state index contributed by atoms with van der Waals surface area (Å²) in [5.74, 6) is 0.641. The van der Waals surface area contributed by atoms with Crippen LogP contribution in [0.5, 0.6) is 5.88 Å². The molecule has 0 radical (unpaired) electrons. The Bertz CT molecular complexity index is 301. The van der Waals surface area contributed by atoms with Gasteiger partial charge in [0.15, 0.2) is 0 Å². The minimum atomic E-state index is 0.370. The van der Waals surface area contributed by atoms with Crippen LogP contribution in [0.4, 0.5) is 0 Å². The molecule has 0 atom stereocenters. The fourth-order valence-corrected chi connectivity index (χ4v) is 1.56. The first-order chi connectivity index (χ1) is 5.75. The highest BCUT2D eigenvalue weighted by molar-refractivity contribution is 9.10. The summed E-state index contributed by atoms with van der Waals surface area (Å²) in [6.07, 6.45) is 4.23. The zero-order chi connectivity index (χ0) is 8.55. The van der Waals surface area contributed by atoms with E-state index in [1.54, 1.807) is 12.3 Å². The lowest BCUT2D eigenvalue weighted by Crippen LogP contribution is -1.98. The van der Waals surface area contributed by atoms with E-state index in [1.165, 1.54) is 0 Å². The third-order valence-electron chi connectivity index (χ3n) is 1.58. The van der Waals surface area contributed by atoms with Crippen molar-refractivity contribution in [2.45, 2.75) is 18.9 Å². The number of aromatic nitrogens is 1. The van der Waals surface area contributed by atoms with E-state index in [0.717, 1.165) is 17.3 Å². The van der Waals surface area contributed by atoms with Crippen molar-refractivity contribution >= 4 is 27.5 Å². The van der Waals surface area contributed by atoms with Gasteiger partial charge in [0.1, 0.15) is 6.10 Å². The molecule has 1 aromatic heterocycles. The van der Waals surface area contributed by atoms with Crippen LogP contribution >= 0.6 is 27.5 Å². The average molecular weight is 249 g/mol. The first kappa shape index (κ1) is 8.32. The fraction of sp³-hybridized carbons (Fsp3) is 0.375. The van der Waals surface area contributed by atoms with Gasteiger partial charge in [-0.25, -0.2) is 4.98 Å². The zero-order valence-corrected chi connectivity index (χ0v) is 8.60. The van der Waals surface area contributed by atoms with E-state index in [-0.39, 0.29) is 0 Å². The maximum absolute atomic E-state index is 5.72. The van der Waals surface area contributed by atoms with Gasteiger partial charge in [-0.2, -0.15) is 0 Å². The summed E-state index contributed by atoms with van der Waals surface area (Å²) >= 11 is 9.05. The maximum Gasteiger partial charge on any atom is 0.228 e. The van der Waals surface area contributed by atoms with Crippen molar-refractivity contribution in [2.75, 3.05) is 0 Å². The second-order valence-corrected chi connectivity index (χ2v) is 4.05. The molecule has 1 aliphatic rings. The van der Waals surface area contributed by atoms with Crippen LogP contribution in [0.3, 0.4) is 0 Å². The molecule has 1 saturated carbocycles. The number of hydrogen-bond donors (Lipinski definition) is 0. The minimum Gasteiger partial charge on any atom is -0.474 e. The van der Waals surface area contributed by atoms with E-state index >= 15 is 0 Å². The van der Waals surface area contributed by atoms with Gasteiger partial charge in [-0.05, 0) is 34.8 Å². The number of pyridine rings is 1. The highest BCUT2D eigenvalue weighted by Crippen LogP contribution is 2.31. The molecule has 0 aromatic carbocycles. The lowest BCUT2D eigenvalue weighted by Gasteiger charge is -2.04. The molecule has 0 N–H and O–H groups in total. The van der Waals surface area contributed by atoms with Crippen LogP contribution in [0.25, 0.3) is 0 Å². The van der Waals surface area contributed by atoms with Gasteiger partial charge in [-0.15, -0.1) is 0 Å². The fourth-order valence-electron chi connectivity index (χ4n) is 0.833. The van der Waals surface area contributed by atoms with Crippen molar-refractivity contribution in [3.05, 3.63) is 21.8 Å². The lowest BCUT2D eigenvalue weighted by atomic mass is 10.5. The molecule has 0 aliphatic heterocycles. The smallest absolute Gasteiger partial charge is 0.228 e. The van der Waals surface area contributed by atoms with Crippen LogP contribution in [-0.2, 0) is 0 Å². The number of nitrogens with zero attached hydrogens (tertiary/aromatic N) is 1. The average Bonchev–Trinajstić information content (AvgIpc) is 2.79. The van der Waals surface area contributed by atoms with E-state index in [2.05, 4.69) is 20.9 Å². The highest BCUT2D eigenvalue weighted by atomic mass is 79.9. The van der Waals surface area contributed by atoms with Gasteiger partial charge in [0.05, 0.1) is 9.50 Å². The molecule has 1 aliphatic carbocycles. The van der Waals surface area contributed by atoms with Crippen LogP contribution in [0.2, 0.25) is 5.02 Å². The van der Waals surface area contributed by atoms with Gasteiger partial charge < -0.3 is 4.74 Å². The predicted molar refractivity (Wildman–Crippen MR) is 50.6 cm³/mol.